The Balaban J connectivity index is 2.72. The summed E-state index contributed by atoms with van der Waals surface area (Å²) < 4.78 is 0. The zero-order valence-corrected chi connectivity index (χ0v) is 15.0. The van der Waals surface area contributed by atoms with Gasteiger partial charge >= 0.3 is 0 Å². The van der Waals surface area contributed by atoms with E-state index in [4.69, 9.17) is 12.2 Å². The maximum Gasteiger partial charge on any atom is 0.173 e. The molecule has 1 aromatic carbocycles. The van der Waals surface area contributed by atoms with Gasteiger partial charge in [0.15, 0.2) is 5.11 Å². The van der Waals surface area contributed by atoms with Crippen molar-refractivity contribution in [2.45, 2.75) is 27.7 Å². The molecular weight excluding hydrogens is 278 g/mol. The van der Waals surface area contributed by atoms with E-state index >= 15 is 0 Å². The predicted octanol–water partition coefficient (Wildman–Crippen LogP) is 3.52. The number of rotatable bonds is 6. The molecule has 21 heavy (non-hydrogen) atoms. The second-order valence-corrected chi connectivity index (χ2v) is 6.76. The van der Waals surface area contributed by atoms with Gasteiger partial charge < -0.3 is 15.1 Å². The fraction of sp³-hybridized carbons (Fsp3) is 0.588. The van der Waals surface area contributed by atoms with Crippen LogP contribution in [0.1, 0.15) is 25.0 Å². The molecule has 0 spiro atoms. The summed E-state index contributed by atoms with van der Waals surface area (Å²) in [6.07, 6.45) is 0. The molecule has 3 nitrogen and oxygen atoms in total. The topological polar surface area (TPSA) is 18.5 Å². The highest BCUT2D eigenvalue weighted by Gasteiger charge is 2.12. The van der Waals surface area contributed by atoms with Gasteiger partial charge in [-0.05, 0) is 69.3 Å². The number of thiocarbonyl (C=S) groups is 1. The summed E-state index contributed by atoms with van der Waals surface area (Å²) in [7, 11) is 4.18. The minimum absolute atomic E-state index is 0.590. The Kier molecular flexibility index (Phi) is 7.12. The molecule has 0 amide bonds. The second-order valence-electron chi connectivity index (χ2n) is 6.37. The van der Waals surface area contributed by atoms with Gasteiger partial charge in [0, 0.05) is 25.3 Å². The molecule has 0 radical (unpaired) electrons. The van der Waals surface area contributed by atoms with Crippen LogP contribution in [0, 0.1) is 19.8 Å². The van der Waals surface area contributed by atoms with Crippen molar-refractivity contribution < 1.29 is 0 Å². The first kappa shape index (κ1) is 17.9. The first-order chi connectivity index (χ1) is 9.79. The van der Waals surface area contributed by atoms with Crippen LogP contribution in [0.4, 0.5) is 5.69 Å². The third-order valence-corrected chi connectivity index (χ3v) is 3.81. The second kappa shape index (κ2) is 8.35. The van der Waals surface area contributed by atoms with Crippen molar-refractivity contribution in [2.24, 2.45) is 5.92 Å². The molecule has 0 aromatic heterocycles. The van der Waals surface area contributed by atoms with E-state index in [0.29, 0.717) is 5.92 Å². The van der Waals surface area contributed by atoms with Crippen molar-refractivity contribution in [3.05, 3.63) is 29.3 Å². The molecule has 1 N–H and O–H groups in total. The highest BCUT2D eigenvalue weighted by atomic mass is 32.1. The monoisotopic (exact) mass is 307 g/mol. The minimum atomic E-state index is 0.590. The normalized spacial score (nSPS) is 11.0. The molecule has 1 aromatic rings. The van der Waals surface area contributed by atoms with Crippen molar-refractivity contribution in [3.8, 4) is 0 Å². The quantitative estimate of drug-likeness (QED) is 0.810. The van der Waals surface area contributed by atoms with E-state index in [1.807, 2.05) is 0 Å². The molecule has 1 rings (SSSR count). The van der Waals surface area contributed by atoms with E-state index in [2.05, 4.69) is 75.1 Å². The Morgan fingerprint density at radius 3 is 2.33 bits per heavy atom. The standard InChI is InChI=1S/C17H29N3S/c1-13(2)12-20(10-9-19(5)6)17(21)18-16-8-7-14(3)15(4)11-16/h7-8,11,13H,9-10,12H2,1-6H3,(H,18,21). The largest absolute Gasteiger partial charge is 0.347 e. The zero-order valence-electron chi connectivity index (χ0n) is 14.2. The lowest BCUT2D eigenvalue weighted by Crippen LogP contribution is -2.41. The lowest BCUT2D eigenvalue weighted by atomic mass is 10.1. The van der Waals surface area contributed by atoms with Crippen LogP contribution in [0.2, 0.25) is 0 Å². The van der Waals surface area contributed by atoms with E-state index < -0.39 is 0 Å². The first-order valence-corrected chi connectivity index (χ1v) is 7.98. The van der Waals surface area contributed by atoms with Crippen LogP contribution in [-0.2, 0) is 0 Å². The van der Waals surface area contributed by atoms with E-state index in [1.165, 1.54) is 11.1 Å². The SMILES string of the molecule is Cc1ccc(NC(=S)N(CCN(C)C)CC(C)C)cc1C. The third kappa shape index (κ3) is 6.44. The van der Waals surface area contributed by atoms with Gasteiger partial charge in [0.2, 0.25) is 0 Å². The number of benzene rings is 1. The molecular formula is C17H29N3S. The van der Waals surface area contributed by atoms with Crippen LogP contribution >= 0.6 is 12.2 Å². The van der Waals surface area contributed by atoms with Gasteiger partial charge in [-0.25, -0.2) is 0 Å². The van der Waals surface area contributed by atoms with E-state index in [9.17, 15) is 0 Å². The van der Waals surface area contributed by atoms with Crippen molar-refractivity contribution in [2.75, 3.05) is 39.0 Å². The van der Waals surface area contributed by atoms with Crippen LogP contribution in [0.25, 0.3) is 0 Å². The molecule has 0 bridgehead atoms. The van der Waals surface area contributed by atoms with Crippen molar-refractivity contribution in [1.82, 2.24) is 9.80 Å². The highest BCUT2D eigenvalue weighted by Crippen LogP contribution is 2.15. The summed E-state index contributed by atoms with van der Waals surface area (Å²) in [5.41, 5.74) is 3.66. The number of aryl methyl sites for hydroxylation is 2. The first-order valence-electron chi connectivity index (χ1n) is 7.57. The minimum Gasteiger partial charge on any atom is -0.347 e. The molecule has 0 aliphatic rings. The number of hydrogen-bond acceptors (Lipinski definition) is 2. The van der Waals surface area contributed by atoms with Gasteiger partial charge in [-0.15, -0.1) is 0 Å². The average molecular weight is 308 g/mol. The summed E-state index contributed by atoms with van der Waals surface area (Å²) in [6.45, 7) is 11.6. The summed E-state index contributed by atoms with van der Waals surface area (Å²) >= 11 is 5.60. The predicted molar refractivity (Wildman–Crippen MR) is 97.1 cm³/mol. The van der Waals surface area contributed by atoms with Crippen molar-refractivity contribution in [3.63, 3.8) is 0 Å². The van der Waals surface area contributed by atoms with E-state index in [-0.39, 0.29) is 0 Å². The van der Waals surface area contributed by atoms with Gasteiger partial charge in [0.05, 0.1) is 0 Å². The van der Waals surface area contributed by atoms with Gasteiger partial charge in [0.25, 0.3) is 0 Å². The van der Waals surface area contributed by atoms with E-state index in [1.54, 1.807) is 0 Å². The van der Waals surface area contributed by atoms with E-state index in [0.717, 1.165) is 30.4 Å². The number of nitrogens with zero attached hydrogens (tertiary/aromatic N) is 2. The maximum atomic E-state index is 5.60. The lowest BCUT2D eigenvalue weighted by Gasteiger charge is -2.29. The molecule has 0 aliphatic heterocycles. The van der Waals surface area contributed by atoms with Crippen molar-refractivity contribution >= 4 is 23.0 Å². The summed E-state index contributed by atoms with van der Waals surface area (Å²) in [5, 5.41) is 4.19. The zero-order chi connectivity index (χ0) is 16.0. The van der Waals surface area contributed by atoms with Gasteiger partial charge in [-0.1, -0.05) is 19.9 Å². The van der Waals surface area contributed by atoms with Crippen LogP contribution in [-0.4, -0.2) is 48.6 Å². The van der Waals surface area contributed by atoms with Crippen LogP contribution in [0.5, 0.6) is 0 Å². The Labute approximate surface area is 135 Å². The molecule has 118 valence electrons. The Morgan fingerprint density at radius 1 is 1.14 bits per heavy atom. The summed E-state index contributed by atoms with van der Waals surface area (Å²) in [5.74, 6) is 0.590. The molecule has 0 unspecified atom stereocenters. The van der Waals surface area contributed by atoms with Crippen LogP contribution < -0.4 is 5.32 Å². The molecule has 4 heteroatoms. The Bertz CT molecular complexity index is 469. The fourth-order valence-corrected chi connectivity index (χ4v) is 2.34. The van der Waals surface area contributed by atoms with Crippen LogP contribution in [0.3, 0.4) is 0 Å². The summed E-state index contributed by atoms with van der Waals surface area (Å²) in [4.78, 5) is 4.45. The number of nitrogens with one attached hydrogen (secondary N) is 1. The highest BCUT2D eigenvalue weighted by molar-refractivity contribution is 7.80. The Morgan fingerprint density at radius 2 is 1.81 bits per heavy atom. The average Bonchev–Trinajstić information content (AvgIpc) is 2.38. The smallest absolute Gasteiger partial charge is 0.173 e. The molecule has 0 aliphatic carbocycles. The fourth-order valence-electron chi connectivity index (χ4n) is 2.06. The lowest BCUT2D eigenvalue weighted by molar-refractivity contribution is 0.310. The van der Waals surface area contributed by atoms with Gasteiger partial charge in [-0.2, -0.15) is 0 Å². The van der Waals surface area contributed by atoms with Crippen molar-refractivity contribution in [1.29, 1.82) is 0 Å². The Hall–Kier alpha value is -1.13. The summed E-state index contributed by atoms with van der Waals surface area (Å²) in [6, 6.07) is 6.38. The molecule has 0 saturated heterocycles. The number of anilines is 1. The number of hydrogen-bond donors (Lipinski definition) is 1. The molecule has 0 heterocycles. The molecule has 0 fully saturated rings. The van der Waals surface area contributed by atoms with Gasteiger partial charge in [-0.3, -0.25) is 0 Å². The number of likely N-dealkylation sites (N-methyl/N-ethyl adjacent to an activating group) is 1. The molecule has 0 atom stereocenters. The maximum absolute atomic E-state index is 5.60. The van der Waals surface area contributed by atoms with Crippen LogP contribution in [0.15, 0.2) is 18.2 Å². The molecule has 0 saturated carbocycles. The van der Waals surface area contributed by atoms with Gasteiger partial charge in [0.1, 0.15) is 0 Å². The third-order valence-electron chi connectivity index (χ3n) is 3.45.